The maximum atomic E-state index is 12.8. The van der Waals surface area contributed by atoms with E-state index in [0.29, 0.717) is 18.1 Å². The number of amidine groups is 2. The minimum absolute atomic E-state index is 0.00241. The lowest BCUT2D eigenvalue weighted by atomic mass is 10.1. The summed E-state index contributed by atoms with van der Waals surface area (Å²) in [5.74, 6) is -2.40. The van der Waals surface area contributed by atoms with Gasteiger partial charge in [0, 0.05) is 12.5 Å². The lowest BCUT2D eigenvalue weighted by Crippen LogP contribution is -2.40. The number of hydrazone groups is 4. The van der Waals surface area contributed by atoms with Crippen LogP contribution in [0.2, 0.25) is 0 Å². The first-order valence-electron chi connectivity index (χ1n) is 13.7. The standard InChI is InChI=1S/C27H24N12O8/c40-24(19-6-8-22-30-34-36-38(22)32-19)28-18-5-3-14(12-17(18)27(44)45)46-10-1-11-47-15-2-4-16(26(42)43)21(13-15)29-25(41)20-7-9-23-31-35-37-39(23)33-20/h2-9,12-13,34-37H,1,10-11H2,(H,28,40)(H,29,41)(H,42,43)(H,44,45). The number of rotatable bonds is 12. The fourth-order valence-corrected chi connectivity index (χ4v) is 4.28. The van der Waals surface area contributed by atoms with E-state index in [1.807, 2.05) is 0 Å². The Balaban J connectivity index is 1.02. The molecule has 0 aromatic heterocycles. The molecule has 4 heterocycles. The summed E-state index contributed by atoms with van der Waals surface area (Å²) in [5, 5.41) is 42.8. The summed E-state index contributed by atoms with van der Waals surface area (Å²) in [6, 6.07) is 8.32. The van der Waals surface area contributed by atoms with E-state index in [1.54, 1.807) is 12.2 Å². The zero-order valence-corrected chi connectivity index (χ0v) is 23.9. The van der Waals surface area contributed by atoms with E-state index in [9.17, 15) is 29.4 Å². The van der Waals surface area contributed by atoms with E-state index < -0.39 is 23.8 Å². The Morgan fingerprint density at radius 2 is 1.21 bits per heavy atom. The van der Waals surface area contributed by atoms with Crippen molar-refractivity contribution in [2.75, 3.05) is 23.8 Å². The summed E-state index contributed by atoms with van der Waals surface area (Å²) < 4.78 is 11.4. The van der Waals surface area contributed by atoms with Crippen LogP contribution in [0.25, 0.3) is 0 Å². The second kappa shape index (κ2) is 13.1. The predicted molar refractivity (Wildman–Crippen MR) is 164 cm³/mol. The topological polar surface area (TPSA) is 255 Å². The third-order valence-corrected chi connectivity index (χ3v) is 6.51. The van der Waals surface area contributed by atoms with Crippen molar-refractivity contribution in [2.24, 2.45) is 20.4 Å². The fourth-order valence-electron chi connectivity index (χ4n) is 4.28. The van der Waals surface area contributed by atoms with Gasteiger partial charge in [0.2, 0.25) is 0 Å². The van der Waals surface area contributed by atoms with Gasteiger partial charge in [0.05, 0.1) is 35.7 Å². The third-order valence-electron chi connectivity index (χ3n) is 6.51. The lowest BCUT2D eigenvalue weighted by Gasteiger charge is -2.16. The highest BCUT2D eigenvalue weighted by molar-refractivity contribution is 6.48. The van der Waals surface area contributed by atoms with Crippen molar-refractivity contribution in [3.63, 3.8) is 0 Å². The normalized spacial score (nSPS) is 15.6. The molecular weight excluding hydrogens is 620 g/mol. The maximum Gasteiger partial charge on any atom is 0.337 e. The van der Waals surface area contributed by atoms with Crippen LogP contribution >= 0.6 is 0 Å². The van der Waals surface area contributed by atoms with Gasteiger partial charge in [-0.05, 0) is 54.6 Å². The number of amides is 2. The van der Waals surface area contributed by atoms with Crippen molar-refractivity contribution in [3.05, 3.63) is 71.8 Å². The molecule has 0 saturated heterocycles. The Kier molecular flexibility index (Phi) is 8.40. The van der Waals surface area contributed by atoms with Gasteiger partial charge in [-0.1, -0.05) is 0 Å². The number of hydrogen-bond donors (Lipinski definition) is 8. The highest BCUT2D eigenvalue weighted by atomic mass is 16.5. The van der Waals surface area contributed by atoms with Crippen LogP contribution < -0.4 is 42.2 Å². The van der Waals surface area contributed by atoms with E-state index in [4.69, 9.17) is 9.47 Å². The Bertz CT molecular complexity index is 1850. The predicted octanol–water partition coefficient (Wildman–Crippen LogP) is -0.0639. The van der Waals surface area contributed by atoms with Gasteiger partial charge in [-0.2, -0.15) is 10.2 Å². The zero-order chi connectivity index (χ0) is 32.9. The number of hydrazine groups is 4. The molecule has 47 heavy (non-hydrogen) atoms. The average molecular weight is 645 g/mol. The molecule has 20 nitrogen and oxygen atoms in total. The van der Waals surface area contributed by atoms with Gasteiger partial charge in [0.1, 0.15) is 11.5 Å². The van der Waals surface area contributed by atoms with Gasteiger partial charge in [-0.3, -0.25) is 9.59 Å². The molecule has 20 heteroatoms. The van der Waals surface area contributed by atoms with Gasteiger partial charge < -0.3 is 30.3 Å². The number of nitrogens with one attached hydrogen (secondary N) is 6. The quantitative estimate of drug-likeness (QED) is 0.141. The molecule has 8 N–H and O–H groups in total. The van der Waals surface area contributed by atoms with Crippen molar-refractivity contribution in [1.82, 2.24) is 32.4 Å². The van der Waals surface area contributed by atoms with Crippen LogP contribution in [0.4, 0.5) is 11.4 Å². The van der Waals surface area contributed by atoms with Crippen molar-refractivity contribution in [2.45, 2.75) is 6.42 Å². The number of aromatic carboxylic acids is 2. The first-order valence-corrected chi connectivity index (χ1v) is 13.7. The maximum absolute atomic E-state index is 12.8. The smallest absolute Gasteiger partial charge is 0.337 e. The number of carbonyl (C=O) groups is 4. The third kappa shape index (κ3) is 6.82. The Morgan fingerprint density at radius 3 is 1.79 bits per heavy atom. The number of anilines is 2. The number of fused-ring (bicyclic) bond motifs is 2. The summed E-state index contributed by atoms with van der Waals surface area (Å²) >= 11 is 0. The largest absolute Gasteiger partial charge is 0.493 e. The molecule has 2 aromatic rings. The summed E-state index contributed by atoms with van der Waals surface area (Å²) in [7, 11) is 0. The molecular formula is C27H24N12O8. The molecule has 240 valence electrons. The second-order valence-electron chi connectivity index (χ2n) is 9.63. The molecule has 4 aliphatic heterocycles. The highest BCUT2D eigenvalue weighted by Crippen LogP contribution is 2.25. The number of benzene rings is 2. The number of carbonyl (C=O) groups excluding carboxylic acids is 2. The molecule has 0 atom stereocenters. The van der Waals surface area contributed by atoms with Crippen LogP contribution in [0.1, 0.15) is 27.1 Å². The summed E-state index contributed by atoms with van der Waals surface area (Å²) in [4.78, 5) is 49.2. The number of ether oxygens (including phenoxy) is 2. The van der Waals surface area contributed by atoms with Crippen LogP contribution in [0.3, 0.4) is 0 Å². The summed E-state index contributed by atoms with van der Waals surface area (Å²) in [6.45, 7) is 0.287. The molecule has 0 radical (unpaired) electrons. The molecule has 0 unspecified atom stereocenters. The molecule has 0 fully saturated rings. The van der Waals surface area contributed by atoms with Crippen molar-refractivity contribution in [1.29, 1.82) is 0 Å². The minimum Gasteiger partial charge on any atom is -0.493 e. The van der Waals surface area contributed by atoms with Gasteiger partial charge in [0.15, 0.2) is 23.1 Å². The molecule has 2 aromatic carbocycles. The summed E-state index contributed by atoms with van der Waals surface area (Å²) in [5.41, 5.74) is 9.92. The van der Waals surface area contributed by atoms with Crippen LogP contribution in [0, 0.1) is 0 Å². The molecule has 6 rings (SSSR count). The Morgan fingerprint density at radius 1 is 0.681 bits per heavy atom. The van der Waals surface area contributed by atoms with Crippen molar-refractivity contribution >= 4 is 58.2 Å². The van der Waals surface area contributed by atoms with Crippen LogP contribution in [0.15, 0.2) is 81.1 Å². The average Bonchev–Trinajstić information content (AvgIpc) is 3.74. The summed E-state index contributed by atoms with van der Waals surface area (Å²) in [6.07, 6.45) is 6.33. The Hall–Kier alpha value is -6.80. The SMILES string of the molecule is O=C(Nc1cc(OCCCOc2ccc(NC(=O)C3=NN4NNN=C4C=C3)c(C(=O)O)c2)ccc1C(=O)O)C1=NN2NNN=C2C=C1. The number of carboxylic acids is 2. The molecule has 4 aliphatic rings. The first kappa shape index (κ1) is 30.2. The number of carboxylic acid groups (broad SMARTS) is 2. The van der Waals surface area contributed by atoms with Crippen LogP contribution in [-0.2, 0) is 9.59 Å². The second-order valence-corrected chi connectivity index (χ2v) is 9.63. The molecule has 0 aliphatic carbocycles. The van der Waals surface area contributed by atoms with E-state index in [0.717, 1.165) is 0 Å². The van der Waals surface area contributed by atoms with Crippen molar-refractivity contribution in [3.8, 4) is 11.5 Å². The number of hydrogen-bond acceptors (Lipinski definition) is 16. The van der Waals surface area contributed by atoms with E-state index in [1.165, 1.54) is 58.8 Å². The number of nitrogens with zero attached hydrogens (tertiary/aromatic N) is 6. The monoisotopic (exact) mass is 644 g/mol. The van der Waals surface area contributed by atoms with Gasteiger partial charge in [-0.25, -0.2) is 20.7 Å². The molecule has 2 amide bonds. The van der Waals surface area contributed by atoms with E-state index in [2.05, 4.69) is 53.2 Å². The molecule has 0 bridgehead atoms. The van der Waals surface area contributed by atoms with Gasteiger partial charge >= 0.3 is 11.9 Å². The van der Waals surface area contributed by atoms with Crippen LogP contribution in [-0.4, -0.2) is 80.5 Å². The highest BCUT2D eigenvalue weighted by Gasteiger charge is 2.24. The first-order chi connectivity index (χ1) is 22.7. The lowest BCUT2D eigenvalue weighted by molar-refractivity contribution is -0.111. The van der Waals surface area contributed by atoms with Crippen LogP contribution in [0.5, 0.6) is 11.5 Å². The minimum atomic E-state index is -1.28. The van der Waals surface area contributed by atoms with E-state index in [-0.39, 0.29) is 58.6 Å². The van der Waals surface area contributed by atoms with Gasteiger partial charge in [-0.15, -0.1) is 31.5 Å². The fraction of sp³-hybridized carbons (Fsp3) is 0.111. The van der Waals surface area contributed by atoms with Crippen molar-refractivity contribution < 1.29 is 38.9 Å². The zero-order valence-electron chi connectivity index (χ0n) is 23.9. The van der Waals surface area contributed by atoms with Gasteiger partial charge in [0.25, 0.3) is 11.8 Å². The molecule has 0 saturated carbocycles. The molecule has 0 spiro atoms. The van der Waals surface area contributed by atoms with E-state index >= 15 is 0 Å². The Labute approximate surface area is 263 Å².